The molecule has 0 spiro atoms. The van der Waals surface area contributed by atoms with Crippen molar-refractivity contribution >= 4 is 5.69 Å². The Labute approximate surface area is 73.7 Å². The van der Waals surface area contributed by atoms with Crippen molar-refractivity contribution in [2.24, 2.45) is 0 Å². The molecule has 2 rings (SSSR count). The number of nitrogens with one attached hydrogen (secondary N) is 1. The molecule has 6 heteroatoms. The van der Waals surface area contributed by atoms with Gasteiger partial charge in [0.25, 0.3) is 5.88 Å². The van der Waals surface area contributed by atoms with Crippen LogP contribution in [0.15, 0.2) is 16.8 Å². The number of aromatic nitrogens is 3. The molecule has 2 aromatic heterocycles. The van der Waals surface area contributed by atoms with Gasteiger partial charge in [-0.2, -0.15) is 5.10 Å². The van der Waals surface area contributed by atoms with Crippen molar-refractivity contribution in [3.8, 4) is 17.3 Å². The monoisotopic (exact) mass is 180 g/mol. The van der Waals surface area contributed by atoms with Gasteiger partial charge in [-0.1, -0.05) is 0 Å². The SMILES string of the molecule is COc1cc(-c2[nH]ncc2N)on1. The normalized spacial score (nSPS) is 10.2. The van der Waals surface area contributed by atoms with Crippen LogP contribution in [-0.4, -0.2) is 22.5 Å². The third-order valence-corrected chi connectivity index (χ3v) is 1.61. The Morgan fingerprint density at radius 1 is 1.62 bits per heavy atom. The summed E-state index contributed by atoms with van der Waals surface area (Å²) in [5.74, 6) is 0.913. The number of anilines is 1. The van der Waals surface area contributed by atoms with E-state index in [1.807, 2.05) is 0 Å². The molecule has 13 heavy (non-hydrogen) atoms. The van der Waals surface area contributed by atoms with Crippen LogP contribution in [-0.2, 0) is 0 Å². The van der Waals surface area contributed by atoms with Crippen molar-refractivity contribution in [2.45, 2.75) is 0 Å². The molecule has 0 amide bonds. The van der Waals surface area contributed by atoms with Crippen LogP contribution in [0.25, 0.3) is 11.5 Å². The minimum absolute atomic E-state index is 0.406. The topological polar surface area (TPSA) is 90.0 Å². The molecule has 0 unspecified atom stereocenters. The van der Waals surface area contributed by atoms with Crippen LogP contribution in [0.5, 0.6) is 5.88 Å². The third-order valence-electron chi connectivity index (χ3n) is 1.61. The van der Waals surface area contributed by atoms with E-state index in [1.165, 1.54) is 13.3 Å². The summed E-state index contributed by atoms with van der Waals surface area (Å²) in [5, 5.41) is 10.1. The number of methoxy groups -OCH3 is 1. The fourth-order valence-corrected chi connectivity index (χ4v) is 0.966. The molecule has 0 aromatic carbocycles. The van der Waals surface area contributed by atoms with E-state index in [1.54, 1.807) is 6.07 Å². The Morgan fingerprint density at radius 3 is 3.00 bits per heavy atom. The van der Waals surface area contributed by atoms with Crippen LogP contribution in [0.1, 0.15) is 0 Å². The van der Waals surface area contributed by atoms with Gasteiger partial charge in [0.1, 0.15) is 5.69 Å². The molecule has 2 heterocycles. The molecule has 0 atom stereocenters. The van der Waals surface area contributed by atoms with Gasteiger partial charge in [-0.05, 0) is 5.16 Å². The van der Waals surface area contributed by atoms with Crippen LogP contribution < -0.4 is 10.5 Å². The van der Waals surface area contributed by atoms with Crippen LogP contribution >= 0.6 is 0 Å². The first kappa shape index (κ1) is 7.66. The maximum absolute atomic E-state index is 5.60. The summed E-state index contributed by atoms with van der Waals surface area (Å²) in [7, 11) is 1.51. The molecular formula is C7H8N4O2. The maximum Gasteiger partial charge on any atom is 0.254 e. The number of hydrogen-bond acceptors (Lipinski definition) is 5. The Kier molecular flexibility index (Phi) is 1.66. The van der Waals surface area contributed by atoms with Crippen molar-refractivity contribution in [1.82, 2.24) is 15.4 Å². The second kappa shape index (κ2) is 2.81. The molecule has 6 nitrogen and oxygen atoms in total. The Morgan fingerprint density at radius 2 is 2.46 bits per heavy atom. The average Bonchev–Trinajstić information content (AvgIpc) is 2.71. The highest BCUT2D eigenvalue weighted by molar-refractivity contribution is 5.67. The minimum Gasteiger partial charge on any atom is -0.479 e. The number of nitrogen functional groups attached to an aromatic ring is 1. The van der Waals surface area contributed by atoms with Gasteiger partial charge < -0.3 is 15.0 Å². The van der Waals surface area contributed by atoms with E-state index < -0.39 is 0 Å². The van der Waals surface area contributed by atoms with E-state index in [0.29, 0.717) is 23.0 Å². The third kappa shape index (κ3) is 1.22. The van der Waals surface area contributed by atoms with Gasteiger partial charge in [-0.15, -0.1) is 0 Å². The number of rotatable bonds is 2. The number of H-pyrrole nitrogens is 1. The number of ether oxygens (including phenoxy) is 1. The largest absolute Gasteiger partial charge is 0.479 e. The molecule has 0 saturated carbocycles. The number of hydrogen-bond donors (Lipinski definition) is 2. The average molecular weight is 180 g/mol. The first-order valence-electron chi connectivity index (χ1n) is 3.61. The predicted octanol–water partition coefficient (Wildman–Crippen LogP) is 0.655. The van der Waals surface area contributed by atoms with Gasteiger partial charge in [0.2, 0.25) is 0 Å². The fourth-order valence-electron chi connectivity index (χ4n) is 0.966. The van der Waals surface area contributed by atoms with Gasteiger partial charge in [-0.3, -0.25) is 5.10 Å². The van der Waals surface area contributed by atoms with Crippen LogP contribution in [0, 0.1) is 0 Å². The van der Waals surface area contributed by atoms with Crippen molar-refractivity contribution in [3.05, 3.63) is 12.3 Å². The minimum atomic E-state index is 0.406. The van der Waals surface area contributed by atoms with Crippen molar-refractivity contribution in [2.75, 3.05) is 12.8 Å². The molecule has 0 fully saturated rings. The summed E-state index contributed by atoms with van der Waals surface area (Å²) < 4.78 is 9.81. The summed E-state index contributed by atoms with van der Waals surface area (Å²) in [5.41, 5.74) is 6.72. The summed E-state index contributed by atoms with van der Waals surface area (Å²) in [4.78, 5) is 0. The standard InChI is InChI=1S/C7H8N4O2/c1-12-6-2-5(13-11-6)7-4(8)3-9-10-7/h2-3H,8H2,1H3,(H,9,10). The highest BCUT2D eigenvalue weighted by atomic mass is 16.5. The van der Waals surface area contributed by atoms with Gasteiger partial charge in [0.15, 0.2) is 5.76 Å². The van der Waals surface area contributed by atoms with E-state index in [9.17, 15) is 0 Å². The summed E-state index contributed by atoms with van der Waals surface area (Å²) in [6.45, 7) is 0. The van der Waals surface area contributed by atoms with Gasteiger partial charge in [0.05, 0.1) is 25.1 Å². The smallest absolute Gasteiger partial charge is 0.254 e. The quantitative estimate of drug-likeness (QED) is 0.708. The second-order valence-electron chi connectivity index (χ2n) is 2.43. The number of nitrogens with zero attached hydrogens (tertiary/aromatic N) is 2. The van der Waals surface area contributed by atoms with E-state index in [2.05, 4.69) is 15.4 Å². The number of aromatic amines is 1. The van der Waals surface area contributed by atoms with Crippen molar-refractivity contribution in [1.29, 1.82) is 0 Å². The Hall–Kier alpha value is -1.98. The molecule has 68 valence electrons. The van der Waals surface area contributed by atoms with E-state index >= 15 is 0 Å². The first-order valence-corrected chi connectivity index (χ1v) is 3.61. The molecule has 0 saturated heterocycles. The fraction of sp³-hybridized carbons (Fsp3) is 0.143. The Bertz CT molecular complexity index is 406. The predicted molar refractivity (Wildman–Crippen MR) is 45.0 cm³/mol. The molecule has 0 aliphatic heterocycles. The lowest BCUT2D eigenvalue weighted by Gasteiger charge is -1.89. The van der Waals surface area contributed by atoms with Crippen molar-refractivity contribution in [3.63, 3.8) is 0 Å². The molecule has 0 aliphatic carbocycles. The summed E-state index contributed by atoms with van der Waals surface area (Å²) in [6, 6.07) is 1.63. The van der Waals surface area contributed by atoms with Gasteiger partial charge >= 0.3 is 0 Å². The van der Waals surface area contributed by atoms with Crippen LogP contribution in [0.4, 0.5) is 5.69 Å². The molecular weight excluding hydrogens is 172 g/mol. The molecule has 0 bridgehead atoms. The lowest BCUT2D eigenvalue weighted by molar-refractivity contribution is 0.342. The highest BCUT2D eigenvalue weighted by Gasteiger charge is 2.11. The number of nitrogens with two attached hydrogens (primary N) is 1. The van der Waals surface area contributed by atoms with Gasteiger partial charge in [-0.25, -0.2) is 0 Å². The summed E-state index contributed by atoms with van der Waals surface area (Å²) in [6.07, 6.45) is 1.50. The zero-order valence-corrected chi connectivity index (χ0v) is 6.94. The molecule has 2 aromatic rings. The van der Waals surface area contributed by atoms with Gasteiger partial charge in [0, 0.05) is 0 Å². The summed E-state index contributed by atoms with van der Waals surface area (Å²) >= 11 is 0. The zero-order valence-electron chi connectivity index (χ0n) is 6.94. The van der Waals surface area contributed by atoms with Crippen LogP contribution in [0.3, 0.4) is 0 Å². The molecule has 0 radical (unpaired) electrons. The van der Waals surface area contributed by atoms with E-state index in [0.717, 1.165) is 0 Å². The first-order chi connectivity index (χ1) is 6.31. The van der Waals surface area contributed by atoms with Crippen LogP contribution in [0.2, 0.25) is 0 Å². The maximum atomic E-state index is 5.60. The molecule has 0 aliphatic rings. The van der Waals surface area contributed by atoms with Crippen molar-refractivity contribution < 1.29 is 9.26 Å². The second-order valence-corrected chi connectivity index (χ2v) is 2.43. The zero-order chi connectivity index (χ0) is 9.26. The Balaban J connectivity index is 2.41. The lowest BCUT2D eigenvalue weighted by atomic mass is 10.3. The highest BCUT2D eigenvalue weighted by Crippen LogP contribution is 2.25. The van der Waals surface area contributed by atoms with E-state index in [4.69, 9.17) is 15.0 Å². The molecule has 3 N–H and O–H groups in total. The van der Waals surface area contributed by atoms with E-state index in [-0.39, 0.29) is 0 Å². The lowest BCUT2D eigenvalue weighted by Crippen LogP contribution is -1.84.